The first kappa shape index (κ1) is 13.4. The van der Waals surface area contributed by atoms with E-state index in [9.17, 15) is 0 Å². The van der Waals surface area contributed by atoms with Crippen LogP contribution in [0.5, 0.6) is 5.75 Å². The minimum Gasteiger partial charge on any atom is -0.494 e. The van der Waals surface area contributed by atoms with Gasteiger partial charge in [-0.2, -0.15) is 0 Å². The summed E-state index contributed by atoms with van der Waals surface area (Å²) >= 11 is 0. The van der Waals surface area contributed by atoms with Gasteiger partial charge >= 0.3 is 0 Å². The van der Waals surface area contributed by atoms with E-state index in [0.717, 1.165) is 30.8 Å². The molecule has 0 aliphatic heterocycles. The Labute approximate surface area is 102 Å². The fourth-order valence-electron chi connectivity index (χ4n) is 1.32. The molecule has 0 atom stereocenters. The second-order valence-electron chi connectivity index (χ2n) is 3.51. The Balaban J connectivity index is 2.63. The van der Waals surface area contributed by atoms with Crippen molar-refractivity contribution in [2.45, 2.75) is 19.8 Å². The molecule has 1 rings (SSSR count). The molecule has 1 aromatic carbocycles. The van der Waals surface area contributed by atoms with Gasteiger partial charge in [0.25, 0.3) is 5.90 Å². The van der Waals surface area contributed by atoms with Gasteiger partial charge in [-0.3, -0.25) is 0 Å². The van der Waals surface area contributed by atoms with E-state index in [0.29, 0.717) is 5.90 Å². The van der Waals surface area contributed by atoms with E-state index in [1.807, 2.05) is 24.3 Å². The van der Waals surface area contributed by atoms with Crippen LogP contribution in [0.1, 0.15) is 25.3 Å². The van der Waals surface area contributed by atoms with Gasteiger partial charge in [0.05, 0.1) is 13.7 Å². The van der Waals surface area contributed by atoms with Crippen LogP contribution >= 0.6 is 0 Å². The zero-order valence-electron chi connectivity index (χ0n) is 10.6. The van der Waals surface area contributed by atoms with Crippen LogP contribution in [0.2, 0.25) is 0 Å². The van der Waals surface area contributed by atoms with Crippen molar-refractivity contribution in [2.75, 3.05) is 20.8 Å². The molecule has 0 N–H and O–H groups in total. The number of rotatable bonds is 6. The molecule has 0 amide bonds. The predicted molar refractivity (Wildman–Crippen MR) is 67.4 cm³/mol. The lowest BCUT2D eigenvalue weighted by Gasteiger charge is -2.07. The van der Waals surface area contributed by atoms with Gasteiger partial charge in [0.1, 0.15) is 12.9 Å². The van der Waals surface area contributed by atoms with E-state index in [4.69, 9.17) is 14.3 Å². The Hall–Kier alpha value is -1.71. The molecule has 0 spiro atoms. The number of benzene rings is 1. The summed E-state index contributed by atoms with van der Waals surface area (Å²) in [5, 5.41) is 3.77. The first-order chi connectivity index (χ1) is 8.31. The topological polar surface area (TPSA) is 40.0 Å². The van der Waals surface area contributed by atoms with Crippen LogP contribution in [0.3, 0.4) is 0 Å². The van der Waals surface area contributed by atoms with Gasteiger partial charge in [-0.1, -0.05) is 13.3 Å². The molecule has 17 heavy (non-hydrogen) atoms. The third-order valence-corrected chi connectivity index (χ3v) is 2.24. The number of nitrogens with zero attached hydrogens (tertiary/aromatic N) is 1. The molecule has 0 aromatic heterocycles. The second-order valence-corrected chi connectivity index (χ2v) is 3.51. The molecule has 0 unspecified atom stereocenters. The van der Waals surface area contributed by atoms with Crippen LogP contribution < -0.4 is 4.74 Å². The monoisotopic (exact) mass is 237 g/mol. The van der Waals surface area contributed by atoms with Gasteiger partial charge in [0.15, 0.2) is 0 Å². The van der Waals surface area contributed by atoms with E-state index in [1.165, 1.54) is 7.11 Å². The molecule has 4 heteroatoms. The van der Waals surface area contributed by atoms with Crippen molar-refractivity contribution >= 4 is 5.90 Å². The average Bonchev–Trinajstić information content (AvgIpc) is 2.37. The van der Waals surface area contributed by atoms with Crippen LogP contribution in [-0.4, -0.2) is 26.7 Å². The van der Waals surface area contributed by atoms with Gasteiger partial charge in [-0.25, -0.2) is 0 Å². The molecule has 0 heterocycles. The standard InChI is InChI=1S/C13H19NO3/c1-4-5-10-17-12-8-6-11(7-9-12)13(15-2)14-16-3/h6-9H,4-5,10H2,1-3H3/b14-13-. The fourth-order valence-corrected chi connectivity index (χ4v) is 1.32. The lowest BCUT2D eigenvalue weighted by Crippen LogP contribution is -2.04. The normalized spacial score (nSPS) is 11.1. The summed E-state index contributed by atoms with van der Waals surface area (Å²) in [7, 11) is 3.05. The van der Waals surface area contributed by atoms with E-state index < -0.39 is 0 Å². The van der Waals surface area contributed by atoms with Gasteiger partial charge in [0.2, 0.25) is 0 Å². The van der Waals surface area contributed by atoms with Crippen molar-refractivity contribution in [3.05, 3.63) is 29.8 Å². The molecular weight excluding hydrogens is 218 g/mol. The first-order valence-electron chi connectivity index (χ1n) is 5.70. The smallest absolute Gasteiger partial charge is 0.257 e. The highest BCUT2D eigenvalue weighted by Gasteiger charge is 2.04. The highest BCUT2D eigenvalue weighted by Crippen LogP contribution is 2.13. The van der Waals surface area contributed by atoms with Crippen molar-refractivity contribution in [3.63, 3.8) is 0 Å². The Morgan fingerprint density at radius 1 is 1.18 bits per heavy atom. The Morgan fingerprint density at radius 2 is 1.88 bits per heavy atom. The molecule has 4 nitrogen and oxygen atoms in total. The highest BCUT2D eigenvalue weighted by molar-refractivity contribution is 5.93. The number of methoxy groups -OCH3 is 1. The lowest BCUT2D eigenvalue weighted by atomic mass is 10.2. The van der Waals surface area contributed by atoms with E-state index >= 15 is 0 Å². The molecule has 0 saturated carbocycles. The largest absolute Gasteiger partial charge is 0.494 e. The molecule has 0 fully saturated rings. The van der Waals surface area contributed by atoms with E-state index in [-0.39, 0.29) is 0 Å². The Kier molecular flexibility index (Phi) is 5.93. The number of oxime groups is 1. The van der Waals surface area contributed by atoms with Gasteiger partial charge in [0, 0.05) is 5.56 Å². The third kappa shape index (κ3) is 4.34. The summed E-state index contributed by atoms with van der Waals surface area (Å²) in [5.74, 6) is 1.31. The molecule has 0 aliphatic rings. The minimum atomic E-state index is 0.451. The molecule has 0 bridgehead atoms. The van der Waals surface area contributed by atoms with Crippen molar-refractivity contribution in [1.82, 2.24) is 0 Å². The van der Waals surface area contributed by atoms with Gasteiger partial charge in [-0.15, -0.1) is 0 Å². The summed E-state index contributed by atoms with van der Waals surface area (Å²) in [4.78, 5) is 4.69. The summed E-state index contributed by atoms with van der Waals surface area (Å²) < 4.78 is 10.7. The molecule has 0 aliphatic carbocycles. The maximum Gasteiger partial charge on any atom is 0.257 e. The summed E-state index contributed by atoms with van der Waals surface area (Å²) in [5.41, 5.74) is 0.859. The zero-order valence-corrected chi connectivity index (χ0v) is 10.6. The zero-order chi connectivity index (χ0) is 12.5. The number of hydrogen-bond donors (Lipinski definition) is 0. The van der Waals surface area contributed by atoms with Gasteiger partial charge in [-0.05, 0) is 35.8 Å². The van der Waals surface area contributed by atoms with Crippen molar-refractivity contribution in [3.8, 4) is 5.75 Å². The second kappa shape index (κ2) is 7.54. The first-order valence-corrected chi connectivity index (χ1v) is 5.70. The Morgan fingerprint density at radius 3 is 2.41 bits per heavy atom. The van der Waals surface area contributed by atoms with E-state index in [2.05, 4.69) is 12.1 Å². The SMILES string of the molecule is CCCCOc1ccc(/C(=N/OC)OC)cc1. The molecule has 0 saturated heterocycles. The maximum absolute atomic E-state index is 5.56. The average molecular weight is 237 g/mol. The predicted octanol–water partition coefficient (Wildman–Crippen LogP) is 2.82. The van der Waals surface area contributed by atoms with Crippen LogP contribution in [0, 0.1) is 0 Å². The Bertz CT molecular complexity index is 346. The molecule has 0 radical (unpaired) electrons. The van der Waals surface area contributed by atoms with Crippen molar-refractivity contribution < 1.29 is 14.3 Å². The highest BCUT2D eigenvalue weighted by atomic mass is 16.6. The fraction of sp³-hybridized carbons (Fsp3) is 0.462. The lowest BCUT2D eigenvalue weighted by molar-refractivity contribution is 0.200. The molecule has 1 aromatic rings. The van der Waals surface area contributed by atoms with Gasteiger partial charge < -0.3 is 14.3 Å². The summed E-state index contributed by atoms with van der Waals surface area (Å²) in [6.45, 7) is 2.89. The molecular formula is C13H19NO3. The number of unbranched alkanes of at least 4 members (excludes halogenated alkanes) is 1. The minimum absolute atomic E-state index is 0.451. The van der Waals surface area contributed by atoms with Crippen LogP contribution in [-0.2, 0) is 9.57 Å². The van der Waals surface area contributed by atoms with Crippen molar-refractivity contribution in [1.29, 1.82) is 0 Å². The quantitative estimate of drug-likeness (QED) is 0.330. The van der Waals surface area contributed by atoms with E-state index in [1.54, 1.807) is 7.11 Å². The summed E-state index contributed by atoms with van der Waals surface area (Å²) in [6, 6.07) is 7.58. The third-order valence-electron chi connectivity index (χ3n) is 2.24. The van der Waals surface area contributed by atoms with Crippen LogP contribution in [0.4, 0.5) is 0 Å². The van der Waals surface area contributed by atoms with Crippen molar-refractivity contribution in [2.24, 2.45) is 5.16 Å². The van der Waals surface area contributed by atoms with Crippen LogP contribution in [0.25, 0.3) is 0 Å². The summed E-state index contributed by atoms with van der Waals surface area (Å²) in [6.07, 6.45) is 2.20. The number of hydrogen-bond acceptors (Lipinski definition) is 4. The number of ether oxygens (including phenoxy) is 2. The maximum atomic E-state index is 5.56. The molecule has 94 valence electrons. The van der Waals surface area contributed by atoms with Crippen LogP contribution in [0.15, 0.2) is 29.4 Å².